The second-order valence-corrected chi connectivity index (χ2v) is 8.39. The van der Waals surface area contributed by atoms with Gasteiger partial charge in [0.1, 0.15) is 0 Å². The molecule has 3 rings (SSSR count). The first kappa shape index (κ1) is 19.4. The first-order chi connectivity index (χ1) is 11.1. The maximum absolute atomic E-state index is 12.7. The molecule has 0 amide bonds. The van der Waals surface area contributed by atoms with Crippen molar-refractivity contribution in [3.05, 3.63) is 53.0 Å². The topological polar surface area (TPSA) is 49.4 Å². The van der Waals surface area contributed by atoms with E-state index in [-0.39, 0.29) is 12.4 Å². The third kappa shape index (κ3) is 4.37. The molecule has 0 atom stereocenters. The highest BCUT2D eigenvalue weighted by Crippen LogP contribution is 2.24. The predicted octanol–water partition coefficient (Wildman–Crippen LogP) is 3.52. The number of hydrogen-bond acceptors (Lipinski definition) is 3. The molecular formula is C17H20BrClN2O2S. The summed E-state index contributed by atoms with van der Waals surface area (Å²) < 4.78 is 28.0. The fraction of sp³-hybridized carbons (Fsp3) is 0.294. The third-order valence-corrected chi connectivity index (χ3v) is 6.41. The minimum Gasteiger partial charge on any atom is -0.315 e. The van der Waals surface area contributed by atoms with E-state index in [0.29, 0.717) is 24.5 Å². The summed E-state index contributed by atoms with van der Waals surface area (Å²) in [5.41, 5.74) is 2.07. The van der Waals surface area contributed by atoms with Gasteiger partial charge in [-0.05, 0) is 48.4 Å². The molecule has 130 valence electrons. The van der Waals surface area contributed by atoms with Crippen molar-refractivity contribution in [1.82, 2.24) is 9.62 Å². The summed E-state index contributed by atoms with van der Waals surface area (Å²) in [5.74, 6) is 0. The molecule has 0 aliphatic carbocycles. The zero-order valence-corrected chi connectivity index (χ0v) is 16.3. The number of hydrogen-bond donors (Lipinski definition) is 1. The van der Waals surface area contributed by atoms with E-state index in [9.17, 15) is 8.42 Å². The van der Waals surface area contributed by atoms with Crippen molar-refractivity contribution >= 4 is 38.4 Å². The van der Waals surface area contributed by atoms with Gasteiger partial charge < -0.3 is 5.32 Å². The van der Waals surface area contributed by atoms with Gasteiger partial charge in [0, 0.05) is 24.1 Å². The Balaban J connectivity index is 0.00000208. The Labute approximate surface area is 157 Å². The van der Waals surface area contributed by atoms with E-state index >= 15 is 0 Å². The lowest BCUT2D eigenvalue weighted by molar-refractivity contribution is 0.432. The molecule has 1 fully saturated rings. The van der Waals surface area contributed by atoms with Gasteiger partial charge in [0.15, 0.2) is 0 Å². The van der Waals surface area contributed by atoms with Crippen LogP contribution in [0.4, 0.5) is 0 Å². The molecule has 0 unspecified atom stereocenters. The van der Waals surface area contributed by atoms with Crippen molar-refractivity contribution in [2.24, 2.45) is 0 Å². The van der Waals surface area contributed by atoms with E-state index in [0.717, 1.165) is 28.6 Å². The van der Waals surface area contributed by atoms with Gasteiger partial charge in [-0.25, -0.2) is 8.42 Å². The zero-order chi connectivity index (χ0) is 16.3. The van der Waals surface area contributed by atoms with Gasteiger partial charge in [-0.3, -0.25) is 0 Å². The quantitative estimate of drug-likeness (QED) is 0.809. The van der Waals surface area contributed by atoms with Gasteiger partial charge in [-0.2, -0.15) is 4.31 Å². The standard InChI is InChI=1S/C17H19BrN2O2S.ClH/c18-16-6-2-14(3-7-16)15-4-8-17(9-5-15)23(21,22)20-12-1-10-19-11-13-20;/h2-9,19H,1,10-13H2;1H. The van der Waals surface area contributed by atoms with Gasteiger partial charge in [-0.1, -0.05) is 40.2 Å². The smallest absolute Gasteiger partial charge is 0.243 e. The molecule has 7 heteroatoms. The Bertz CT molecular complexity index is 756. The number of nitrogens with one attached hydrogen (secondary N) is 1. The minimum absolute atomic E-state index is 0. The van der Waals surface area contributed by atoms with Gasteiger partial charge in [0.05, 0.1) is 4.90 Å². The van der Waals surface area contributed by atoms with Crippen molar-refractivity contribution in [1.29, 1.82) is 0 Å². The van der Waals surface area contributed by atoms with Crippen molar-refractivity contribution in [2.45, 2.75) is 11.3 Å². The van der Waals surface area contributed by atoms with Crippen molar-refractivity contribution in [2.75, 3.05) is 26.2 Å². The maximum atomic E-state index is 12.7. The fourth-order valence-corrected chi connectivity index (χ4v) is 4.42. The van der Waals surface area contributed by atoms with Crippen LogP contribution in [0.3, 0.4) is 0 Å². The average molecular weight is 432 g/mol. The summed E-state index contributed by atoms with van der Waals surface area (Å²) in [6.45, 7) is 2.67. The van der Waals surface area contributed by atoms with E-state index in [2.05, 4.69) is 21.2 Å². The van der Waals surface area contributed by atoms with E-state index in [1.165, 1.54) is 0 Å². The van der Waals surface area contributed by atoms with Crippen LogP contribution in [0.25, 0.3) is 11.1 Å². The van der Waals surface area contributed by atoms with Gasteiger partial charge in [0.25, 0.3) is 0 Å². The lowest BCUT2D eigenvalue weighted by Crippen LogP contribution is -2.34. The molecule has 0 radical (unpaired) electrons. The lowest BCUT2D eigenvalue weighted by Gasteiger charge is -2.19. The third-order valence-electron chi connectivity index (χ3n) is 3.97. The van der Waals surface area contributed by atoms with Crippen molar-refractivity contribution in [3.8, 4) is 11.1 Å². The molecule has 1 saturated heterocycles. The number of sulfonamides is 1. The van der Waals surface area contributed by atoms with Crippen LogP contribution in [0, 0.1) is 0 Å². The monoisotopic (exact) mass is 430 g/mol. The Morgan fingerprint density at radius 1 is 0.875 bits per heavy atom. The lowest BCUT2D eigenvalue weighted by atomic mass is 10.1. The molecule has 4 nitrogen and oxygen atoms in total. The fourth-order valence-electron chi connectivity index (χ4n) is 2.67. The largest absolute Gasteiger partial charge is 0.315 e. The molecule has 1 N–H and O–H groups in total. The van der Waals surface area contributed by atoms with Gasteiger partial charge in [0.2, 0.25) is 10.0 Å². The van der Waals surface area contributed by atoms with Crippen LogP contribution in [0.5, 0.6) is 0 Å². The normalized spacial score (nSPS) is 16.2. The molecule has 0 saturated carbocycles. The maximum Gasteiger partial charge on any atom is 0.243 e. The Kier molecular flexibility index (Phi) is 6.83. The molecule has 1 aliphatic heterocycles. The van der Waals surface area contributed by atoms with Crippen LogP contribution in [0.15, 0.2) is 57.9 Å². The molecule has 24 heavy (non-hydrogen) atoms. The number of benzene rings is 2. The Hall–Kier alpha value is -0.920. The highest BCUT2D eigenvalue weighted by molar-refractivity contribution is 9.10. The van der Waals surface area contributed by atoms with E-state index < -0.39 is 10.0 Å². The summed E-state index contributed by atoms with van der Waals surface area (Å²) in [6.07, 6.45) is 0.843. The highest BCUT2D eigenvalue weighted by atomic mass is 79.9. The van der Waals surface area contributed by atoms with Crippen LogP contribution in [-0.4, -0.2) is 38.9 Å². The predicted molar refractivity (Wildman–Crippen MR) is 103 cm³/mol. The van der Waals surface area contributed by atoms with Crippen LogP contribution in [0.2, 0.25) is 0 Å². The Morgan fingerprint density at radius 3 is 2.08 bits per heavy atom. The molecule has 0 aromatic heterocycles. The summed E-state index contributed by atoms with van der Waals surface area (Å²) in [7, 11) is -3.41. The molecule has 1 aliphatic rings. The summed E-state index contributed by atoms with van der Waals surface area (Å²) >= 11 is 3.42. The van der Waals surface area contributed by atoms with Crippen LogP contribution in [-0.2, 0) is 10.0 Å². The zero-order valence-electron chi connectivity index (χ0n) is 13.1. The summed E-state index contributed by atoms with van der Waals surface area (Å²) in [4.78, 5) is 0.361. The minimum atomic E-state index is -3.41. The van der Waals surface area contributed by atoms with Crippen molar-refractivity contribution in [3.63, 3.8) is 0 Å². The average Bonchev–Trinajstić information content (AvgIpc) is 2.85. The first-order valence-corrected chi connectivity index (χ1v) is 9.87. The van der Waals surface area contributed by atoms with Gasteiger partial charge >= 0.3 is 0 Å². The number of halogens is 2. The SMILES string of the molecule is Cl.O=S(=O)(c1ccc(-c2ccc(Br)cc2)cc1)N1CCCNCC1. The molecule has 0 spiro atoms. The van der Waals surface area contributed by atoms with E-state index in [1.807, 2.05) is 36.4 Å². The second kappa shape index (κ2) is 8.45. The van der Waals surface area contributed by atoms with E-state index in [1.54, 1.807) is 16.4 Å². The first-order valence-electron chi connectivity index (χ1n) is 7.64. The van der Waals surface area contributed by atoms with Gasteiger partial charge in [-0.15, -0.1) is 12.4 Å². The molecule has 1 heterocycles. The number of nitrogens with zero attached hydrogens (tertiary/aromatic N) is 1. The summed E-state index contributed by atoms with van der Waals surface area (Å²) in [6, 6.07) is 15.1. The summed E-state index contributed by atoms with van der Waals surface area (Å²) in [5, 5.41) is 3.23. The van der Waals surface area contributed by atoms with E-state index in [4.69, 9.17) is 0 Å². The molecule has 0 bridgehead atoms. The highest BCUT2D eigenvalue weighted by Gasteiger charge is 2.24. The Morgan fingerprint density at radius 2 is 1.46 bits per heavy atom. The second-order valence-electron chi connectivity index (χ2n) is 5.54. The molecular weight excluding hydrogens is 412 g/mol. The van der Waals surface area contributed by atoms with Crippen LogP contribution < -0.4 is 5.32 Å². The molecule has 2 aromatic carbocycles. The van der Waals surface area contributed by atoms with Crippen molar-refractivity contribution < 1.29 is 8.42 Å². The molecule has 2 aromatic rings. The number of rotatable bonds is 3. The van der Waals surface area contributed by atoms with Crippen LogP contribution in [0.1, 0.15) is 6.42 Å². The van der Waals surface area contributed by atoms with Crippen LogP contribution >= 0.6 is 28.3 Å².